The van der Waals surface area contributed by atoms with Crippen LogP contribution in [0.15, 0.2) is 23.2 Å². The lowest BCUT2D eigenvalue weighted by Gasteiger charge is -2.29. The third-order valence-corrected chi connectivity index (χ3v) is 3.30. The largest absolute Gasteiger partial charge is 0.497 e. The predicted octanol–water partition coefficient (Wildman–Crippen LogP) is 1.95. The second kappa shape index (κ2) is 5.40. The highest BCUT2D eigenvalue weighted by Crippen LogP contribution is 2.36. The van der Waals surface area contributed by atoms with E-state index in [-0.39, 0.29) is 17.9 Å². The van der Waals surface area contributed by atoms with Crippen molar-refractivity contribution < 1.29 is 14.3 Å². The Labute approximate surface area is 118 Å². The highest BCUT2D eigenvalue weighted by atomic mass is 16.5. The molecule has 1 atom stereocenters. The Bertz CT molecular complexity index is 555. The van der Waals surface area contributed by atoms with Crippen molar-refractivity contribution in [1.82, 2.24) is 4.90 Å². The zero-order chi connectivity index (χ0) is 14.9. The van der Waals surface area contributed by atoms with Crippen LogP contribution >= 0.6 is 0 Å². The summed E-state index contributed by atoms with van der Waals surface area (Å²) in [6, 6.07) is 4.70. The van der Waals surface area contributed by atoms with Gasteiger partial charge in [-0.2, -0.15) is 4.99 Å². The maximum absolute atomic E-state index is 11.9. The third kappa shape index (κ3) is 2.29. The van der Waals surface area contributed by atoms with E-state index in [4.69, 9.17) is 15.2 Å². The molecule has 20 heavy (non-hydrogen) atoms. The van der Waals surface area contributed by atoms with Crippen LogP contribution in [-0.2, 0) is 0 Å². The van der Waals surface area contributed by atoms with E-state index in [9.17, 15) is 4.79 Å². The van der Waals surface area contributed by atoms with Crippen molar-refractivity contribution in [3.05, 3.63) is 23.8 Å². The first-order chi connectivity index (χ1) is 9.49. The van der Waals surface area contributed by atoms with Crippen molar-refractivity contribution in [2.24, 2.45) is 10.7 Å². The molecule has 1 unspecified atom stereocenters. The molecule has 0 spiro atoms. The Hall–Kier alpha value is -2.24. The minimum atomic E-state index is -0.400. The predicted molar refractivity (Wildman–Crippen MR) is 76.3 cm³/mol. The molecule has 1 aliphatic heterocycles. The number of benzene rings is 1. The molecule has 0 aromatic heterocycles. The molecular weight excluding hydrogens is 258 g/mol. The summed E-state index contributed by atoms with van der Waals surface area (Å²) in [5.74, 6) is 1.58. The van der Waals surface area contributed by atoms with Gasteiger partial charge in [-0.3, -0.25) is 0 Å². The monoisotopic (exact) mass is 277 g/mol. The Morgan fingerprint density at radius 1 is 1.30 bits per heavy atom. The van der Waals surface area contributed by atoms with Crippen molar-refractivity contribution >= 4 is 11.9 Å². The number of urea groups is 1. The summed E-state index contributed by atoms with van der Waals surface area (Å²) in [6.45, 7) is 3.85. The van der Waals surface area contributed by atoms with Crippen LogP contribution in [0.25, 0.3) is 0 Å². The molecule has 0 saturated carbocycles. The van der Waals surface area contributed by atoms with Crippen LogP contribution in [0.4, 0.5) is 4.79 Å². The highest BCUT2D eigenvalue weighted by molar-refractivity contribution is 6.03. The molecule has 0 aliphatic carbocycles. The molecule has 6 nitrogen and oxygen atoms in total. The van der Waals surface area contributed by atoms with Crippen molar-refractivity contribution in [2.75, 3.05) is 14.2 Å². The topological polar surface area (TPSA) is 77.2 Å². The van der Waals surface area contributed by atoms with E-state index in [2.05, 4.69) is 4.99 Å². The lowest BCUT2D eigenvalue weighted by Crippen LogP contribution is -2.38. The highest BCUT2D eigenvalue weighted by Gasteiger charge is 2.37. The average molecular weight is 277 g/mol. The van der Waals surface area contributed by atoms with E-state index in [1.165, 1.54) is 0 Å². The molecule has 0 fully saturated rings. The van der Waals surface area contributed by atoms with Gasteiger partial charge in [0.05, 0.1) is 14.2 Å². The standard InChI is InChI=1S/C14H19N3O3/c1-8(2)17-12(13(15)16-14(17)18)10-6-5-9(19-3)7-11(10)20-4/h5-8,12H,1-4H3,(H2,15,16,18). The molecule has 0 radical (unpaired) electrons. The zero-order valence-electron chi connectivity index (χ0n) is 12.1. The van der Waals surface area contributed by atoms with Gasteiger partial charge in [0, 0.05) is 17.7 Å². The molecule has 0 bridgehead atoms. The number of carbonyl (C=O) groups is 1. The van der Waals surface area contributed by atoms with Crippen LogP contribution in [0.2, 0.25) is 0 Å². The number of nitrogens with two attached hydrogens (primary N) is 1. The molecule has 1 heterocycles. The smallest absolute Gasteiger partial charge is 0.346 e. The summed E-state index contributed by atoms with van der Waals surface area (Å²) in [7, 11) is 3.16. The Balaban J connectivity index is 2.49. The lowest BCUT2D eigenvalue weighted by molar-refractivity contribution is 0.189. The van der Waals surface area contributed by atoms with Gasteiger partial charge in [0.2, 0.25) is 0 Å². The quantitative estimate of drug-likeness (QED) is 0.912. The fourth-order valence-corrected chi connectivity index (χ4v) is 2.35. The van der Waals surface area contributed by atoms with Crippen LogP contribution < -0.4 is 15.2 Å². The molecule has 2 amide bonds. The van der Waals surface area contributed by atoms with E-state index in [1.54, 1.807) is 25.2 Å². The summed E-state index contributed by atoms with van der Waals surface area (Å²) < 4.78 is 10.6. The van der Waals surface area contributed by atoms with Crippen LogP contribution in [-0.4, -0.2) is 37.0 Å². The molecule has 108 valence electrons. The number of methoxy groups -OCH3 is 2. The molecule has 1 aliphatic rings. The van der Waals surface area contributed by atoms with Gasteiger partial charge in [0.15, 0.2) is 0 Å². The molecule has 2 N–H and O–H groups in total. The van der Waals surface area contributed by atoms with Gasteiger partial charge in [0.25, 0.3) is 0 Å². The molecule has 2 rings (SSSR count). The van der Waals surface area contributed by atoms with Gasteiger partial charge in [-0.05, 0) is 26.0 Å². The van der Waals surface area contributed by atoms with Crippen molar-refractivity contribution in [3.8, 4) is 11.5 Å². The minimum Gasteiger partial charge on any atom is -0.497 e. The minimum absolute atomic E-state index is 0.0101. The van der Waals surface area contributed by atoms with Crippen molar-refractivity contribution in [2.45, 2.75) is 25.9 Å². The average Bonchev–Trinajstić information content (AvgIpc) is 2.72. The number of amides is 2. The lowest BCUT2D eigenvalue weighted by atomic mass is 10.0. The first-order valence-corrected chi connectivity index (χ1v) is 6.37. The van der Waals surface area contributed by atoms with Crippen LogP contribution in [0.1, 0.15) is 25.5 Å². The number of aliphatic imine (C=N–C) groups is 1. The number of hydrogen-bond acceptors (Lipinski definition) is 4. The first-order valence-electron chi connectivity index (χ1n) is 6.37. The van der Waals surface area contributed by atoms with E-state index >= 15 is 0 Å². The summed E-state index contributed by atoms with van der Waals surface area (Å²) >= 11 is 0. The van der Waals surface area contributed by atoms with E-state index in [0.29, 0.717) is 11.5 Å². The normalized spacial score (nSPS) is 18.4. The Kier molecular flexibility index (Phi) is 3.83. The fraction of sp³-hybridized carbons (Fsp3) is 0.429. The van der Waals surface area contributed by atoms with Crippen molar-refractivity contribution in [1.29, 1.82) is 0 Å². The second-order valence-electron chi connectivity index (χ2n) is 4.83. The third-order valence-electron chi connectivity index (χ3n) is 3.30. The van der Waals surface area contributed by atoms with Gasteiger partial charge in [0.1, 0.15) is 23.4 Å². The molecule has 1 aromatic carbocycles. The zero-order valence-corrected chi connectivity index (χ0v) is 12.1. The number of carbonyl (C=O) groups excluding carboxylic acids is 1. The number of amidine groups is 1. The molecule has 0 saturated heterocycles. The van der Waals surface area contributed by atoms with Crippen LogP contribution in [0.5, 0.6) is 11.5 Å². The van der Waals surface area contributed by atoms with E-state index < -0.39 is 6.04 Å². The second-order valence-corrected chi connectivity index (χ2v) is 4.83. The summed E-state index contributed by atoms with van der Waals surface area (Å²) in [6.07, 6.45) is 0. The Morgan fingerprint density at radius 3 is 2.55 bits per heavy atom. The van der Waals surface area contributed by atoms with E-state index in [1.807, 2.05) is 26.0 Å². The molecule has 1 aromatic rings. The fourth-order valence-electron chi connectivity index (χ4n) is 2.35. The number of hydrogen-bond donors (Lipinski definition) is 1. The van der Waals surface area contributed by atoms with Gasteiger partial charge in [-0.1, -0.05) is 0 Å². The van der Waals surface area contributed by atoms with Crippen LogP contribution in [0, 0.1) is 0 Å². The number of ether oxygens (including phenoxy) is 2. The van der Waals surface area contributed by atoms with Gasteiger partial charge in [-0.25, -0.2) is 4.79 Å². The SMILES string of the molecule is COc1ccc(C2C(N)=NC(=O)N2C(C)C)c(OC)c1. The van der Waals surface area contributed by atoms with Crippen molar-refractivity contribution in [3.63, 3.8) is 0 Å². The van der Waals surface area contributed by atoms with Gasteiger partial charge >= 0.3 is 6.03 Å². The van der Waals surface area contributed by atoms with Gasteiger partial charge in [-0.15, -0.1) is 0 Å². The summed E-state index contributed by atoms with van der Waals surface area (Å²) in [5.41, 5.74) is 6.72. The maximum Gasteiger partial charge on any atom is 0.346 e. The van der Waals surface area contributed by atoms with Gasteiger partial charge < -0.3 is 20.1 Å². The van der Waals surface area contributed by atoms with Crippen LogP contribution in [0.3, 0.4) is 0 Å². The number of rotatable bonds is 4. The molecule has 6 heteroatoms. The first kappa shape index (κ1) is 14.2. The van der Waals surface area contributed by atoms with E-state index in [0.717, 1.165) is 5.56 Å². The maximum atomic E-state index is 11.9. The molecular formula is C14H19N3O3. The summed E-state index contributed by atoms with van der Waals surface area (Å²) in [4.78, 5) is 17.4. The summed E-state index contributed by atoms with van der Waals surface area (Å²) in [5, 5.41) is 0. The Morgan fingerprint density at radius 2 is 2.00 bits per heavy atom. The number of nitrogens with zero attached hydrogens (tertiary/aromatic N) is 2.